The summed E-state index contributed by atoms with van der Waals surface area (Å²) >= 11 is 6.98. The Morgan fingerprint density at radius 3 is 2.00 bits per heavy atom. The van der Waals surface area contributed by atoms with Crippen LogP contribution in [0.25, 0.3) is 0 Å². The molecule has 1 aromatic carbocycles. The molecule has 0 aliphatic heterocycles. The third-order valence-electron chi connectivity index (χ3n) is 1.68. The standard InChI is InChI=1S/C8H11BO2S.CH2O2S/c10-9(11)8-3-1-7(2-4-8)5-6-12;2-1(3)4/h1-4,10-12H,5-6H2;4H,(H,2,3). The van der Waals surface area contributed by atoms with E-state index in [1.807, 2.05) is 12.1 Å². The molecule has 3 N–H and O–H groups in total. The molecule has 0 bridgehead atoms. The van der Waals surface area contributed by atoms with Gasteiger partial charge in [0.1, 0.15) is 0 Å². The first-order chi connectivity index (χ1) is 7.47. The van der Waals surface area contributed by atoms with Gasteiger partial charge < -0.3 is 15.2 Å². The second kappa shape index (κ2) is 8.52. The topological polar surface area (TPSA) is 77.8 Å². The van der Waals surface area contributed by atoms with Crippen LogP contribution in [0.15, 0.2) is 24.3 Å². The Morgan fingerprint density at radius 2 is 1.69 bits per heavy atom. The zero-order valence-corrected chi connectivity index (χ0v) is 10.2. The fraction of sp³-hybridized carbons (Fsp3) is 0.222. The van der Waals surface area contributed by atoms with Gasteiger partial charge in [0, 0.05) is 0 Å². The Bertz CT molecular complexity index is 312. The summed E-state index contributed by atoms with van der Waals surface area (Å²) in [5.41, 5.74) is 1.69. The van der Waals surface area contributed by atoms with Crippen LogP contribution in [0.4, 0.5) is 4.79 Å². The number of carboxylic acid groups (broad SMARTS) is 1. The second-order valence-electron chi connectivity index (χ2n) is 2.87. The molecule has 0 amide bonds. The third-order valence-corrected chi connectivity index (χ3v) is 1.90. The first-order valence-electron chi connectivity index (χ1n) is 4.45. The highest BCUT2D eigenvalue weighted by Gasteiger charge is 2.08. The lowest BCUT2D eigenvalue weighted by molar-refractivity contribution is 0.222. The van der Waals surface area contributed by atoms with E-state index in [1.165, 1.54) is 0 Å². The Morgan fingerprint density at radius 1 is 1.25 bits per heavy atom. The predicted molar refractivity (Wildman–Crippen MR) is 70.8 cm³/mol. The number of carbonyl (C=O) groups is 1. The molecule has 0 atom stereocenters. The third kappa shape index (κ3) is 7.64. The summed E-state index contributed by atoms with van der Waals surface area (Å²) in [7, 11) is -1.37. The number of hydrogen-bond donors (Lipinski definition) is 5. The molecule has 0 spiro atoms. The van der Waals surface area contributed by atoms with E-state index in [0.29, 0.717) is 5.46 Å². The molecule has 4 nitrogen and oxygen atoms in total. The summed E-state index contributed by atoms with van der Waals surface area (Å²) in [4.78, 5) is 8.86. The van der Waals surface area contributed by atoms with Crippen LogP contribution in [0.2, 0.25) is 0 Å². The molecular formula is C9H13BO4S2. The van der Waals surface area contributed by atoms with Gasteiger partial charge in [0.25, 0.3) is 0 Å². The van der Waals surface area contributed by atoms with Crippen LogP contribution in [0, 0.1) is 0 Å². The Labute approximate surface area is 105 Å². The van der Waals surface area contributed by atoms with Crippen LogP contribution in [-0.2, 0) is 6.42 Å². The van der Waals surface area contributed by atoms with E-state index in [4.69, 9.17) is 19.9 Å². The maximum atomic E-state index is 8.86. The maximum absolute atomic E-state index is 8.86. The molecule has 0 radical (unpaired) electrons. The molecule has 0 aliphatic rings. The van der Waals surface area contributed by atoms with Crippen molar-refractivity contribution in [3.05, 3.63) is 29.8 Å². The van der Waals surface area contributed by atoms with Crippen molar-refractivity contribution >= 4 is 43.1 Å². The SMILES string of the molecule is O=C(O)S.OB(O)c1ccc(CCS)cc1. The molecule has 16 heavy (non-hydrogen) atoms. The first kappa shape index (κ1) is 15.4. The predicted octanol–water partition coefficient (Wildman–Crippen LogP) is 0.433. The second-order valence-corrected chi connectivity index (χ2v) is 3.70. The highest BCUT2D eigenvalue weighted by atomic mass is 32.1. The monoisotopic (exact) mass is 260 g/mol. The van der Waals surface area contributed by atoms with Gasteiger partial charge in [-0.1, -0.05) is 36.9 Å². The van der Waals surface area contributed by atoms with Crippen molar-refractivity contribution in [1.82, 2.24) is 0 Å². The largest absolute Gasteiger partial charge is 0.488 e. The van der Waals surface area contributed by atoms with E-state index in [-0.39, 0.29) is 0 Å². The summed E-state index contributed by atoms with van der Waals surface area (Å²) in [6, 6.07) is 7.18. The van der Waals surface area contributed by atoms with Crippen LogP contribution in [0.3, 0.4) is 0 Å². The molecule has 0 fully saturated rings. The fourth-order valence-electron chi connectivity index (χ4n) is 0.986. The molecule has 0 heterocycles. The van der Waals surface area contributed by atoms with Gasteiger partial charge in [-0.3, -0.25) is 0 Å². The van der Waals surface area contributed by atoms with Crippen molar-refractivity contribution in [2.24, 2.45) is 0 Å². The van der Waals surface area contributed by atoms with Crippen molar-refractivity contribution in [2.45, 2.75) is 6.42 Å². The van der Waals surface area contributed by atoms with Gasteiger partial charge >= 0.3 is 12.4 Å². The lowest BCUT2D eigenvalue weighted by Gasteiger charge is -2.00. The van der Waals surface area contributed by atoms with Gasteiger partial charge in [-0.15, -0.1) is 0 Å². The highest BCUT2D eigenvalue weighted by Crippen LogP contribution is 1.99. The minimum Gasteiger partial charge on any atom is -0.473 e. The van der Waals surface area contributed by atoms with Crippen molar-refractivity contribution in [3.63, 3.8) is 0 Å². The molecule has 0 saturated heterocycles. The van der Waals surface area contributed by atoms with E-state index in [1.54, 1.807) is 12.1 Å². The van der Waals surface area contributed by atoms with Gasteiger partial charge in [0.2, 0.25) is 0 Å². The molecule has 1 rings (SSSR count). The molecule has 0 saturated carbocycles. The molecular weight excluding hydrogens is 247 g/mol. The van der Waals surface area contributed by atoms with Gasteiger partial charge in [0.05, 0.1) is 0 Å². The minimum atomic E-state index is -1.37. The average Bonchev–Trinajstić information content (AvgIpc) is 2.18. The van der Waals surface area contributed by atoms with E-state index in [0.717, 1.165) is 17.7 Å². The zero-order chi connectivity index (χ0) is 12.6. The van der Waals surface area contributed by atoms with Gasteiger partial charge in [0.15, 0.2) is 0 Å². The van der Waals surface area contributed by atoms with E-state index in [2.05, 4.69) is 25.3 Å². The van der Waals surface area contributed by atoms with Gasteiger partial charge in [-0.25, -0.2) is 4.79 Å². The number of thiol groups is 2. The molecule has 0 unspecified atom stereocenters. The number of rotatable bonds is 3. The highest BCUT2D eigenvalue weighted by molar-refractivity contribution is 7.96. The summed E-state index contributed by atoms with van der Waals surface area (Å²) in [5, 5.41) is 23.7. The van der Waals surface area contributed by atoms with Crippen LogP contribution in [0.1, 0.15) is 5.56 Å². The van der Waals surface area contributed by atoms with Crippen LogP contribution < -0.4 is 5.46 Å². The summed E-state index contributed by atoms with van der Waals surface area (Å²) < 4.78 is 0. The normalized spacial score (nSPS) is 9.00. The van der Waals surface area contributed by atoms with Crippen LogP contribution in [-0.4, -0.2) is 33.3 Å². The molecule has 0 aliphatic carbocycles. The van der Waals surface area contributed by atoms with Crippen molar-refractivity contribution < 1.29 is 19.9 Å². The molecule has 88 valence electrons. The van der Waals surface area contributed by atoms with Gasteiger partial charge in [-0.05, 0) is 23.2 Å². The Hall–Kier alpha value is -0.625. The minimum absolute atomic E-state index is 0.526. The smallest absolute Gasteiger partial charge is 0.473 e. The molecule has 0 aromatic heterocycles. The maximum Gasteiger partial charge on any atom is 0.488 e. The number of aryl methyl sites for hydroxylation is 1. The Kier molecular flexibility index (Phi) is 8.19. The lowest BCUT2D eigenvalue weighted by Crippen LogP contribution is -2.29. The zero-order valence-electron chi connectivity index (χ0n) is 8.45. The fourth-order valence-corrected chi connectivity index (χ4v) is 1.24. The van der Waals surface area contributed by atoms with Crippen LogP contribution >= 0.6 is 25.3 Å². The van der Waals surface area contributed by atoms with Gasteiger partial charge in [-0.2, -0.15) is 12.6 Å². The quantitative estimate of drug-likeness (QED) is 0.403. The summed E-state index contributed by atoms with van der Waals surface area (Å²) in [6.07, 6.45) is 0.908. The molecule has 7 heteroatoms. The summed E-state index contributed by atoms with van der Waals surface area (Å²) in [6.45, 7) is 0. The summed E-state index contributed by atoms with van der Waals surface area (Å²) in [5.74, 6) is 0.807. The first-order valence-corrected chi connectivity index (χ1v) is 5.53. The Balaban J connectivity index is 0.000000487. The molecule has 1 aromatic rings. The van der Waals surface area contributed by atoms with Crippen molar-refractivity contribution in [3.8, 4) is 0 Å². The van der Waals surface area contributed by atoms with Crippen molar-refractivity contribution in [2.75, 3.05) is 5.75 Å². The van der Waals surface area contributed by atoms with E-state index in [9.17, 15) is 0 Å². The number of hydrogen-bond acceptors (Lipinski definition) is 4. The average molecular weight is 260 g/mol. The number of benzene rings is 1. The lowest BCUT2D eigenvalue weighted by atomic mass is 9.80. The van der Waals surface area contributed by atoms with E-state index < -0.39 is 12.4 Å². The van der Waals surface area contributed by atoms with Crippen LogP contribution in [0.5, 0.6) is 0 Å². The van der Waals surface area contributed by atoms with E-state index >= 15 is 0 Å². The van der Waals surface area contributed by atoms with Crippen molar-refractivity contribution in [1.29, 1.82) is 0 Å².